The lowest BCUT2D eigenvalue weighted by Crippen LogP contribution is -2.34. The van der Waals surface area contributed by atoms with Crippen molar-refractivity contribution >= 4 is 11.9 Å². The van der Waals surface area contributed by atoms with Crippen LogP contribution >= 0.6 is 0 Å². The number of unbranched alkanes of at least 4 members (excludes halogenated alkanes) is 5. The number of carbonyl (C=O) groups excluding carboxylic acids is 2. The summed E-state index contributed by atoms with van der Waals surface area (Å²) in [6, 6.07) is -0.400. The van der Waals surface area contributed by atoms with Crippen LogP contribution in [0, 0.1) is 0 Å². The Bertz CT molecular complexity index is 253. The first-order valence-electron chi connectivity index (χ1n) is 6.70. The molecule has 0 bridgehead atoms. The van der Waals surface area contributed by atoms with E-state index in [1.165, 1.54) is 25.7 Å². The van der Waals surface area contributed by atoms with Crippen molar-refractivity contribution in [1.82, 2.24) is 5.32 Å². The van der Waals surface area contributed by atoms with Crippen molar-refractivity contribution < 1.29 is 14.3 Å². The van der Waals surface area contributed by atoms with Crippen LogP contribution in [0.4, 0.5) is 0 Å². The Morgan fingerprint density at radius 1 is 1.29 bits per heavy atom. The molecular formula is C13H23NO3. The maximum atomic E-state index is 11.5. The number of nitrogens with one attached hydrogen (secondary N) is 1. The van der Waals surface area contributed by atoms with E-state index in [-0.39, 0.29) is 11.9 Å². The third kappa shape index (κ3) is 5.71. The van der Waals surface area contributed by atoms with Crippen molar-refractivity contribution in [3.63, 3.8) is 0 Å². The maximum Gasteiger partial charge on any atom is 0.328 e. The van der Waals surface area contributed by atoms with Crippen LogP contribution in [-0.2, 0) is 14.3 Å². The van der Waals surface area contributed by atoms with Gasteiger partial charge < -0.3 is 10.1 Å². The Labute approximate surface area is 103 Å². The lowest BCUT2D eigenvalue weighted by Gasteiger charge is -2.09. The molecule has 1 fully saturated rings. The van der Waals surface area contributed by atoms with E-state index in [1.54, 1.807) is 0 Å². The minimum atomic E-state index is -0.400. The third-order valence-corrected chi connectivity index (χ3v) is 3.02. The molecule has 0 aromatic rings. The second-order valence-corrected chi connectivity index (χ2v) is 4.59. The van der Waals surface area contributed by atoms with Gasteiger partial charge in [0.2, 0.25) is 5.91 Å². The van der Waals surface area contributed by atoms with E-state index >= 15 is 0 Å². The molecule has 1 N–H and O–H groups in total. The van der Waals surface area contributed by atoms with Gasteiger partial charge in [-0.25, -0.2) is 4.79 Å². The first-order valence-corrected chi connectivity index (χ1v) is 6.70. The number of ether oxygens (including phenoxy) is 1. The molecule has 0 aliphatic carbocycles. The van der Waals surface area contributed by atoms with Gasteiger partial charge in [0.05, 0.1) is 6.61 Å². The highest BCUT2D eigenvalue weighted by atomic mass is 16.5. The standard InChI is InChI=1S/C13H23NO3/c1-2-3-4-5-6-7-10-17-13(16)11-8-9-12(15)14-11/h11H,2-10H2,1H3,(H,14,15). The second-order valence-electron chi connectivity index (χ2n) is 4.59. The quantitative estimate of drug-likeness (QED) is 0.523. The molecule has 1 aliphatic heterocycles. The van der Waals surface area contributed by atoms with Crippen molar-refractivity contribution in [3.8, 4) is 0 Å². The molecule has 1 saturated heterocycles. The topological polar surface area (TPSA) is 55.4 Å². The van der Waals surface area contributed by atoms with Gasteiger partial charge in [-0.05, 0) is 12.8 Å². The monoisotopic (exact) mass is 241 g/mol. The summed E-state index contributed by atoms with van der Waals surface area (Å²) in [5, 5.41) is 2.61. The minimum absolute atomic E-state index is 0.0495. The molecule has 1 unspecified atom stereocenters. The van der Waals surface area contributed by atoms with Gasteiger partial charge >= 0.3 is 5.97 Å². The van der Waals surface area contributed by atoms with Crippen LogP contribution in [0.2, 0.25) is 0 Å². The summed E-state index contributed by atoms with van der Waals surface area (Å²) in [7, 11) is 0. The van der Waals surface area contributed by atoms with Gasteiger partial charge in [-0.1, -0.05) is 39.0 Å². The number of rotatable bonds is 8. The Balaban J connectivity index is 1.95. The molecule has 0 aromatic heterocycles. The normalized spacial score (nSPS) is 19.1. The Hall–Kier alpha value is -1.06. The Morgan fingerprint density at radius 2 is 2.00 bits per heavy atom. The van der Waals surface area contributed by atoms with E-state index in [4.69, 9.17) is 4.74 Å². The lowest BCUT2D eigenvalue weighted by molar-refractivity contribution is -0.146. The number of hydrogen-bond donors (Lipinski definition) is 1. The zero-order chi connectivity index (χ0) is 12.5. The zero-order valence-electron chi connectivity index (χ0n) is 10.7. The van der Waals surface area contributed by atoms with Gasteiger partial charge in [-0.3, -0.25) is 4.79 Å². The highest BCUT2D eigenvalue weighted by Crippen LogP contribution is 2.09. The van der Waals surface area contributed by atoms with Crippen LogP contribution in [0.25, 0.3) is 0 Å². The van der Waals surface area contributed by atoms with Crippen molar-refractivity contribution in [1.29, 1.82) is 0 Å². The fourth-order valence-corrected chi connectivity index (χ4v) is 1.95. The van der Waals surface area contributed by atoms with E-state index in [9.17, 15) is 9.59 Å². The average Bonchev–Trinajstić information content (AvgIpc) is 2.74. The number of esters is 1. The second kappa shape index (κ2) is 8.09. The van der Waals surface area contributed by atoms with Crippen LogP contribution in [0.15, 0.2) is 0 Å². The molecule has 0 spiro atoms. The smallest absolute Gasteiger partial charge is 0.328 e. The average molecular weight is 241 g/mol. The molecule has 0 radical (unpaired) electrons. The van der Waals surface area contributed by atoms with E-state index in [0.29, 0.717) is 19.4 Å². The summed E-state index contributed by atoms with van der Waals surface area (Å²) in [4.78, 5) is 22.4. The summed E-state index contributed by atoms with van der Waals surface area (Å²) in [6.45, 7) is 2.68. The van der Waals surface area contributed by atoms with E-state index in [0.717, 1.165) is 12.8 Å². The molecule has 1 amide bonds. The molecule has 98 valence electrons. The van der Waals surface area contributed by atoms with Gasteiger partial charge in [0.1, 0.15) is 6.04 Å². The summed E-state index contributed by atoms with van der Waals surface area (Å²) in [5.74, 6) is -0.323. The van der Waals surface area contributed by atoms with Crippen LogP contribution in [0.3, 0.4) is 0 Å². The Morgan fingerprint density at radius 3 is 2.65 bits per heavy atom. The van der Waals surface area contributed by atoms with Gasteiger partial charge in [0, 0.05) is 6.42 Å². The fourth-order valence-electron chi connectivity index (χ4n) is 1.95. The van der Waals surface area contributed by atoms with E-state index < -0.39 is 6.04 Å². The maximum absolute atomic E-state index is 11.5. The fraction of sp³-hybridized carbons (Fsp3) is 0.846. The highest BCUT2D eigenvalue weighted by molar-refractivity contribution is 5.87. The van der Waals surface area contributed by atoms with Crippen LogP contribution in [0.1, 0.15) is 58.3 Å². The molecule has 0 saturated carbocycles. The first-order chi connectivity index (χ1) is 8.24. The number of amides is 1. The molecule has 1 atom stereocenters. The SMILES string of the molecule is CCCCCCCCOC(=O)C1CCC(=O)N1. The van der Waals surface area contributed by atoms with Crippen LogP contribution < -0.4 is 5.32 Å². The molecule has 17 heavy (non-hydrogen) atoms. The molecular weight excluding hydrogens is 218 g/mol. The molecule has 1 aliphatic rings. The van der Waals surface area contributed by atoms with E-state index in [1.807, 2.05) is 0 Å². The zero-order valence-corrected chi connectivity index (χ0v) is 10.7. The van der Waals surface area contributed by atoms with Crippen molar-refractivity contribution in [2.24, 2.45) is 0 Å². The largest absolute Gasteiger partial charge is 0.464 e. The predicted octanol–water partition coefficient (Wildman–Crippen LogP) is 2.17. The summed E-state index contributed by atoms with van der Waals surface area (Å²) in [6.07, 6.45) is 8.07. The molecule has 0 aromatic carbocycles. The van der Waals surface area contributed by atoms with Crippen LogP contribution in [-0.4, -0.2) is 24.5 Å². The van der Waals surface area contributed by atoms with Gasteiger partial charge in [-0.2, -0.15) is 0 Å². The molecule has 1 rings (SSSR count). The molecule has 4 nitrogen and oxygen atoms in total. The third-order valence-electron chi connectivity index (χ3n) is 3.02. The van der Waals surface area contributed by atoms with Crippen molar-refractivity contribution in [3.05, 3.63) is 0 Å². The van der Waals surface area contributed by atoms with E-state index in [2.05, 4.69) is 12.2 Å². The van der Waals surface area contributed by atoms with Gasteiger partial charge in [-0.15, -0.1) is 0 Å². The lowest BCUT2D eigenvalue weighted by atomic mass is 10.1. The van der Waals surface area contributed by atoms with Gasteiger partial charge in [0.25, 0.3) is 0 Å². The van der Waals surface area contributed by atoms with Gasteiger partial charge in [0.15, 0.2) is 0 Å². The summed E-state index contributed by atoms with van der Waals surface area (Å²) >= 11 is 0. The van der Waals surface area contributed by atoms with Crippen molar-refractivity contribution in [2.45, 2.75) is 64.3 Å². The predicted molar refractivity (Wildman–Crippen MR) is 65.5 cm³/mol. The summed E-state index contributed by atoms with van der Waals surface area (Å²) < 4.78 is 5.13. The molecule has 1 heterocycles. The van der Waals surface area contributed by atoms with Crippen molar-refractivity contribution in [2.75, 3.05) is 6.61 Å². The number of carbonyl (C=O) groups is 2. The summed E-state index contributed by atoms with van der Waals surface area (Å²) in [5.41, 5.74) is 0. The van der Waals surface area contributed by atoms with Crippen LogP contribution in [0.5, 0.6) is 0 Å². The molecule has 4 heteroatoms. The highest BCUT2D eigenvalue weighted by Gasteiger charge is 2.28. The first kappa shape index (κ1) is 14.0. The minimum Gasteiger partial charge on any atom is -0.464 e. The number of hydrogen-bond acceptors (Lipinski definition) is 3. The Kier molecular flexibility index (Phi) is 6.67.